The van der Waals surface area contributed by atoms with Crippen molar-refractivity contribution in [3.63, 3.8) is 0 Å². The predicted molar refractivity (Wildman–Crippen MR) is 48.9 cm³/mol. The van der Waals surface area contributed by atoms with Crippen LogP contribution in [-0.2, 0) is 4.79 Å². The number of carbonyl (C=O) groups is 1. The van der Waals surface area contributed by atoms with Crippen LogP contribution < -0.4 is 0 Å². The highest BCUT2D eigenvalue weighted by Gasteiger charge is 2.55. The second-order valence-corrected chi connectivity index (χ2v) is 4.28. The Kier molecular flexibility index (Phi) is 1.99. The van der Waals surface area contributed by atoms with E-state index in [1.807, 2.05) is 0 Å². The Balaban J connectivity index is 2.06. The molecule has 2 aliphatic rings. The minimum Gasteiger partial charge on any atom is -0.298 e. The van der Waals surface area contributed by atoms with E-state index in [2.05, 4.69) is 6.92 Å². The van der Waals surface area contributed by atoms with Gasteiger partial charge in [0.2, 0.25) is 0 Å². The van der Waals surface area contributed by atoms with Crippen molar-refractivity contribution in [2.75, 3.05) is 0 Å². The summed E-state index contributed by atoms with van der Waals surface area (Å²) >= 11 is 5.92. The molecule has 3 atom stereocenters. The summed E-state index contributed by atoms with van der Waals surface area (Å²) in [5.74, 6) is 2.03. The van der Waals surface area contributed by atoms with E-state index in [4.69, 9.17) is 11.6 Å². The van der Waals surface area contributed by atoms with Gasteiger partial charge in [-0.3, -0.25) is 4.79 Å². The van der Waals surface area contributed by atoms with Crippen molar-refractivity contribution in [1.29, 1.82) is 0 Å². The molecule has 12 heavy (non-hydrogen) atoms. The van der Waals surface area contributed by atoms with Crippen molar-refractivity contribution < 1.29 is 4.79 Å². The summed E-state index contributed by atoms with van der Waals surface area (Å²) in [6, 6.07) is 0. The molecule has 1 saturated carbocycles. The molecule has 0 bridgehead atoms. The third-order valence-corrected chi connectivity index (χ3v) is 3.54. The SMILES string of the molecule is CCCC1[C@H]2CC(Cl)=C(C=O)[C@@H]12. The predicted octanol–water partition coefficient (Wildman–Crippen LogP) is 2.74. The molecule has 0 aromatic carbocycles. The third kappa shape index (κ3) is 1.03. The van der Waals surface area contributed by atoms with Crippen molar-refractivity contribution in [1.82, 2.24) is 0 Å². The lowest BCUT2D eigenvalue weighted by atomic mass is 10.1. The van der Waals surface area contributed by atoms with E-state index in [1.54, 1.807) is 0 Å². The molecule has 0 radical (unpaired) electrons. The molecule has 0 aromatic rings. The van der Waals surface area contributed by atoms with Crippen LogP contribution in [0.4, 0.5) is 0 Å². The molecule has 0 saturated heterocycles. The van der Waals surface area contributed by atoms with E-state index in [-0.39, 0.29) is 0 Å². The lowest BCUT2D eigenvalue weighted by Gasteiger charge is -2.01. The Hall–Kier alpha value is -0.300. The maximum atomic E-state index is 10.7. The lowest BCUT2D eigenvalue weighted by molar-refractivity contribution is -0.105. The van der Waals surface area contributed by atoms with Crippen LogP contribution in [0.1, 0.15) is 26.2 Å². The van der Waals surface area contributed by atoms with Gasteiger partial charge in [-0.15, -0.1) is 0 Å². The summed E-state index contributed by atoms with van der Waals surface area (Å²) in [5.41, 5.74) is 0.903. The van der Waals surface area contributed by atoms with E-state index < -0.39 is 0 Å². The molecule has 0 heterocycles. The highest BCUT2D eigenvalue weighted by atomic mass is 35.5. The molecule has 0 amide bonds. The Morgan fingerprint density at radius 2 is 2.42 bits per heavy atom. The van der Waals surface area contributed by atoms with Gasteiger partial charge in [0.25, 0.3) is 0 Å². The molecule has 2 heteroatoms. The number of aldehydes is 1. The standard InChI is InChI=1S/C10H13ClO/c1-2-3-6-7-4-9(11)8(5-12)10(6)7/h5-7,10H,2-4H2,1H3/t6?,7-,10+/m1/s1. The van der Waals surface area contributed by atoms with E-state index >= 15 is 0 Å². The molecule has 66 valence electrons. The van der Waals surface area contributed by atoms with Crippen molar-refractivity contribution in [3.05, 3.63) is 10.6 Å². The lowest BCUT2D eigenvalue weighted by Crippen LogP contribution is -1.92. The molecule has 1 unspecified atom stereocenters. The fourth-order valence-corrected chi connectivity index (χ4v) is 2.91. The second-order valence-electron chi connectivity index (χ2n) is 3.82. The van der Waals surface area contributed by atoms with E-state index in [0.29, 0.717) is 5.92 Å². The normalized spacial score (nSPS) is 38.3. The number of fused-ring (bicyclic) bond motifs is 1. The fourth-order valence-electron chi connectivity index (χ4n) is 2.56. The zero-order valence-electron chi connectivity index (χ0n) is 7.22. The minimum absolute atomic E-state index is 0.537. The smallest absolute Gasteiger partial charge is 0.147 e. The Labute approximate surface area is 77.8 Å². The summed E-state index contributed by atoms with van der Waals surface area (Å²) in [5, 5.41) is 0.826. The monoisotopic (exact) mass is 184 g/mol. The van der Waals surface area contributed by atoms with Crippen molar-refractivity contribution in [2.24, 2.45) is 17.8 Å². The Bertz CT molecular complexity index is 244. The molecule has 0 N–H and O–H groups in total. The maximum absolute atomic E-state index is 10.7. The van der Waals surface area contributed by atoms with Gasteiger partial charge in [-0.1, -0.05) is 24.9 Å². The third-order valence-electron chi connectivity index (χ3n) is 3.17. The largest absolute Gasteiger partial charge is 0.298 e. The molecule has 0 aliphatic heterocycles. The van der Waals surface area contributed by atoms with E-state index in [9.17, 15) is 4.79 Å². The van der Waals surface area contributed by atoms with E-state index in [0.717, 1.165) is 35.1 Å². The van der Waals surface area contributed by atoms with Gasteiger partial charge in [-0.25, -0.2) is 0 Å². The number of rotatable bonds is 3. The van der Waals surface area contributed by atoms with Gasteiger partial charge < -0.3 is 0 Å². The first-order valence-corrected chi connectivity index (χ1v) is 5.01. The first-order chi connectivity index (χ1) is 5.79. The average Bonchev–Trinajstić information content (AvgIpc) is 2.61. The van der Waals surface area contributed by atoms with E-state index in [1.165, 1.54) is 12.8 Å². The molecule has 0 aromatic heterocycles. The Morgan fingerprint density at radius 3 is 3.00 bits per heavy atom. The van der Waals surface area contributed by atoms with Gasteiger partial charge in [0.1, 0.15) is 6.29 Å². The first kappa shape index (κ1) is 8.31. The Morgan fingerprint density at radius 1 is 1.67 bits per heavy atom. The van der Waals surface area contributed by atoms with Gasteiger partial charge in [0, 0.05) is 10.6 Å². The highest BCUT2D eigenvalue weighted by Crippen LogP contribution is 2.61. The number of allylic oxidation sites excluding steroid dienone is 2. The summed E-state index contributed by atoms with van der Waals surface area (Å²) in [4.78, 5) is 10.7. The number of halogens is 1. The average molecular weight is 185 g/mol. The summed E-state index contributed by atoms with van der Waals surface area (Å²) < 4.78 is 0. The van der Waals surface area contributed by atoms with Crippen molar-refractivity contribution in [3.8, 4) is 0 Å². The van der Waals surface area contributed by atoms with Crippen LogP contribution in [0.2, 0.25) is 0 Å². The van der Waals surface area contributed by atoms with Crippen LogP contribution in [0.15, 0.2) is 10.6 Å². The number of hydrogen-bond donors (Lipinski definition) is 0. The molecule has 1 nitrogen and oxygen atoms in total. The molecule has 1 fully saturated rings. The molecule has 2 aliphatic carbocycles. The van der Waals surface area contributed by atoms with Crippen LogP contribution in [-0.4, -0.2) is 6.29 Å². The molecule has 2 rings (SSSR count). The zero-order valence-corrected chi connectivity index (χ0v) is 7.97. The van der Waals surface area contributed by atoms with Gasteiger partial charge >= 0.3 is 0 Å². The highest BCUT2D eigenvalue weighted by molar-refractivity contribution is 6.31. The van der Waals surface area contributed by atoms with Crippen LogP contribution in [0.5, 0.6) is 0 Å². The van der Waals surface area contributed by atoms with Crippen LogP contribution >= 0.6 is 11.6 Å². The summed E-state index contributed by atoms with van der Waals surface area (Å²) in [6.07, 6.45) is 4.41. The van der Waals surface area contributed by atoms with Gasteiger partial charge in [0.05, 0.1) is 0 Å². The summed E-state index contributed by atoms with van der Waals surface area (Å²) in [7, 11) is 0. The number of carbonyl (C=O) groups excluding carboxylic acids is 1. The van der Waals surface area contributed by atoms with Crippen molar-refractivity contribution >= 4 is 17.9 Å². The topological polar surface area (TPSA) is 17.1 Å². The minimum atomic E-state index is 0.537. The van der Waals surface area contributed by atoms with Gasteiger partial charge in [-0.2, -0.15) is 0 Å². The van der Waals surface area contributed by atoms with Crippen molar-refractivity contribution in [2.45, 2.75) is 26.2 Å². The van der Waals surface area contributed by atoms with Crippen LogP contribution in [0.25, 0.3) is 0 Å². The first-order valence-electron chi connectivity index (χ1n) is 4.63. The van der Waals surface area contributed by atoms with Gasteiger partial charge in [0.15, 0.2) is 0 Å². The van der Waals surface area contributed by atoms with Crippen LogP contribution in [0.3, 0.4) is 0 Å². The summed E-state index contributed by atoms with van der Waals surface area (Å²) in [6.45, 7) is 2.19. The molecule has 0 spiro atoms. The molecular weight excluding hydrogens is 172 g/mol. The molecular formula is C10H13ClO. The maximum Gasteiger partial charge on any atom is 0.147 e. The van der Waals surface area contributed by atoms with Gasteiger partial charge in [-0.05, 0) is 30.6 Å². The second kappa shape index (κ2) is 2.88. The quantitative estimate of drug-likeness (QED) is 0.617. The number of hydrogen-bond acceptors (Lipinski definition) is 1. The van der Waals surface area contributed by atoms with Crippen LogP contribution in [0, 0.1) is 17.8 Å². The fraction of sp³-hybridized carbons (Fsp3) is 0.700. The zero-order chi connectivity index (χ0) is 8.72.